The standard InChI is InChI=1S/C18H21N3O4S/c19-20-26(24,25)16-6-4-5-15(21-11-2-1-3-12-21)17(16)18(23)13-7-9-14(22)10-8-13/h4-10,20,22H,1-3,11-12,19H2. The number of nitrogens with zero attached hydrogens (tertiary/aromatic N) is 1. The highest BCUT2D eigenvalue weighted by Gasteiger charge is 2.28. The van der Waals surface area contributed by atoms with Crippen LogP contribution in [0.3, 0.4) is 0 Å². The molecule has 0 spiro atoms. The van der Waals surface area contributed by atoms with Crippen LogP contribution in [0.2, 0.25) is 0 Å². The van der Waals surface area contributed by atoms with Gasteiger partial charge in [0, 0.05) is 24.3 Å². The van der Waals surface area contributed by atoms with Crippen molar-refractivity contribution >= 4 is 21.5 Å². The SMILES string of the molecule is NNS(=O)(=O)c1cccc(N2CCCCC2)c1C(=O)c1ccc(O)cc1. The Hall–Kier alpha value is -2.42. The molecule has 0 amide bonds. The Kier molecular flexibility index (Phi) is 5.26. The number of sulfonamides is 1. The maximum Gasteiger partial charge on any atom is 0.253 e. The number of anilines is 1. The third-order valence-electron chi connectivity index (χ3n) is 4.50. The second kappa shape index (κ2) is 7.45. The number of nitrogens with one attached hydrogen (secondary N) is 1. The van der Waals surface area contributed by atoms with Gasteiger partial charge in [0.15, 0.2) is 5.78 Å². The summed E-state index contributed by atoms with van der Waals surface area (Å²) >= 11 is 0. The number of nitrogens with two attached hydrogens (primary N) is 1. The van der Waals surface area contributed by atoms with E-state index in [1.165, 1.54) is 30.3 Å². The van der Waals surface area contributed by atoms with Crippen molar-refractivity contribution in [1.29, 1.82) is 0 Å². The lowest BCUT2D eigenvalue weighted by Gasteiger charge is -2.31. The molecule has 2 aromatic carbocycles. The van der Waals surface area contributed by atoms with E-state index >= 15 is 0 Å². The highest BCUT2D eigenvalue weighted by Crippen LogP contribution is 2.31. The van der Waals surface area contributed by atoms with E-state index in [9.17, 15) is 18.3 Å². The highest BCUT2D eigenvalue weighted by molar-refractivity contribution is 7.89. The summed E-state index contributed by atoms with van der Waals surface area (Å²) < 4.78 is 24.8. The number of benzene rings is 2. The van der Waals surface area contributed by atoms with Gasteiger partial charge in [0.1, 0.15) is 5.75 Å². The van der Waals surface area contributed by atoms with E-state index in [-0.39, 0.29) is 16.2 Å². The first kappa shape index (κ1) is 18.4. The van der Waals surface area contributed by atoms with Crippen LogP contribution in [0.5, 0.6) is 5.75 Å². The second-order valence-corrected chi connectivity index (χ2v) is 7.88. The summed E-state index contributed by atoms with van der Waals surface area (Å²) in [4.78, 5) is 16.9. The van der Waals surface area contributed by atoms with Crippen molar-refractivity contribution in [2.45, 2.75) is 24.2 Å². The molecule has 1 aliphatic rings. The van der Waals surface area contributed by atoms with E-state index in [0.717, 1.165) is 32.4 Å². The van der Waals surface area contributed by atoms with Crippen LogP contribution in [-0.4, -0.2) is 32.4 Å². The number of carbonyl (C=O) groups excluding carboxylic acids is 1. The molecule has 7 nitrogen and oxygen atoms in total. The molecular weight excluding hydrogens is 354 g/mol. The minimum Gasteiger partial charge on any atom is -0.508 e. The van der Waals surface area contributed by atoms with Crippen molar-refractivity contribution in [2.24, 2.45) is 5.84 Å². The molecule has 1 heterocycles. The number of hydrogen-bond acceptors (Lipinski definition) is 6. The Bertz CT molecular complexity index is 905. The van der Waals surface area contributed by atoms with E-state index in [2.05, 4.69) is 0 Å². The summed E-state index contributed by atoms with van der Waals surface area (Å²) in [5.41, 5.74) is 0.970. The zero-order valence-electron chi connectivity index (χ0n) is 14.2. The normalized spacial score (nSPS) is 15.0. The number of hydrazine groups is 1. The largest absolute Gasteiger partial charge is 0.508 e. The maximum atomic E-state index is 13.2. The molecule has 0 aromatic heterocycles. The summed E-state index contributed by atoms with van der Waals surface area (Å²) in [7, 11) is -4.02. The van der Waals surface area contributed by atoms with Crippen LogP contribution in [0.15, 0.2) is 47.4 Å². The Balaban J connectivity index is 2.18. The number of ketones is 1. The summed E-state index contributed by atoms with van der Waals surface area (Å²) in [6.07, 6.45) is 3.08. The van der Waals surface area contributed by atoms with E-state index in [1.807, 2.05) is 4.90 Å². The van der Waals surface area contributed by atoms with Gasteiger partial charge in [0.05, 0.1) is 10.5 Å². The molecule has 8 heteroatoms. The van der Waals surface area contributed by atoms with Gasteiger partial charge >= 0.3 is 0 Å². The van der Waals surface area contributed by atoms with Crippen LogP contribution in [0.25, 0.3) is 0 Å². The highest BCUT2D eigenvalue weighted by atomic mass is 32.2. The molecule has 1 saturated heterocycles. The Morgan fingerprint density at radius 3 is 2.31 bits per heavy atom. The van der Waals surface area contributed by atoms with Crippen LogP contribution >= 0.6 is 0 Å². The molecule has 0 aliphatic carbocycles. The molecule has 1 fully saturated rings. The van der Waals surface area contributed by atoms with Crippen molar-refractivity contribution in [3.05, 3.63) is 53.6 Å². The lowest BCUT2D eigenvalue weighted by atomic mass is 9.99. The molecule has 1 aliphatic heterocycles. The van der Waals surface area contributed by atoms with Gasteiger partial charge in [-0.3, -0.25) is 10.6 Å². The minimum absolute atomic E-state index is 0.0299. The molecule has 0 saturated carbocycles. The Labute approximate surface area is 152 Å². The lowest BCUT2D eigenvalue weighted by molar-refractivity contribution is 0.103. The molecule has 3 rings (SSSR count). The number of carbonyl (C=O) groups is 1. The molecule has 138 valence electrons. The first-order valence-corrected chi connectivity index (χ1v) is 9.86. The fourth-order valence-electron chi connectivity index (χ4n) is 3.19. The lowest BCUT2D eigenvalue weighted by Crippen LogP contribution is -2.34. The average molecular weight is 375 g/mol. The van der Waals surface area contributed by atoms with Crippen LogP contribution in [0.4, 0.5) is 5.69 Å². The zero-order chi connectivity index (χ0) is 18.7. The zero-order valence-corrected chi connectivity index (χ0v) is 15.0. The predicted molar refractivity (Wildman–Crippen MR) is 98.6 cm³/mol. The molecule has 4 N–H and O–H groups in total. The van der Waals surface area contributed by atoms with Crippen molar-refractivity contribution in [3.8, 4) is 5.75 Å². The Morgan fingerprint density at radius 1 is 1.04 bits per heavy atom. The quantitative estimate of drug-likeness (QED) is 0.417. The van der Waals surface area contributed by atoms with Gasteiger partial charge in [-0.25, -0.2) is 8.42 Å². The smallest absolute Gasteiger partial charge is 0.253 e. The van der Waals surface area contributed by atoms with Gasteiger partial charge in [0.2, 0.25) is 0 Å². The molecule has 26 heavy (non-hydrogen) atoms. The molecule has 0 unspecified atom stereocenters. The van der Waals surface area contributed by atoms with Gasteiger partial charge in [-0.1, -0.05) is 6.07 Å². The number of aromatic hydroxyl groups is 1. The summed E-state index contributed by atoms with van der Waals surface area (Å²) in [5.74, 6) is 4.80. The number of hydrogen-bond donors (Lipinski definition) is 3. The number of phenols is 1. The van der Waals surface area contributed by atoms with Crippen molar-refractivity contribution < 1.29 is 18.3 Å². The fraction of sp³-hybridized carbons (Fsp3) is 0.278. The second-order valence-electron chi connectivity index (χ2n) is 6.20. The average Bonchev–Trinajstić information content (AvgIpc) is 2.68. The molecule has 0 bridgehead atoms. The monoisotopic (exact) mass is 375 g/mol. The predicted octanol–water partition coefficient (Wildman–Crippen LogP) is 1.77. The summed E-state index contributed by atoms with van der Waals surface area (Å²) in [5, 5.41) is 9.45. The van der Waals surface area contributed by atoms with Gasteiger partial charge in [-0.05, 0) is 55.7 Å². The van der Waals surface area contributed by atoms with Crippen molar-refractivity contribution in [1.82, 2.24) is 4.83 Å². The van der Waals surface area contributed by atoms with Gasteiger partial charge in [-0.2, -0.15) is 4.83 Å². The third kappa shape index (κ3) is 3.57. The number of rotatable bonds is 5. The maximum absolute atomic E-state index is 13.2. The van der Waals surface area contributed by atoms with Crippen LogP contribution in [-0.2, 0) is 10.0 Å². The van der Waals surface area contributed by atoms with E-state index in [0.29, 0.717) is 11.3 Å². The fourth-order valence-corrected chi connectivity index (χ4v) is 4.04. The van der Waals surface area contributed by atoms with Gasteiger partial charge in [-0.15, -0.1) is 0 Å². The van der Waals surface area contributed by atoms with Crippen molar-refractivity contribution in [2.75, 3.05) is 18.0 Å². The first-order chi connectivity index (χ1) is 12.4. The van der Waals surface area contributed by atoms with E-state index in [4.69, 9.17) is 5.84 Å². The molecule has 2 aromatic rings. The van der Waals surface area contributed by atoms with Crippen LogP contribution in [0, 0.1) is 0 Å². The summed E-state index contributed by atoms with van der Waals surface area (Å²) in [6.45, 7) is 1.52. The van der Waals surface area contributed by atoms with Gasteiger partial charge < -0.3 is 10.0 Å². The minimum atomic E-state index is -4.02. The van der Waals surface area contributed by atoms with Crippen molar-refractivity contribution in [3.63, 3.8) is 0 Å². The number of piperidine rings is 1. The van der Waals surface area contributed by atoms with Gasteiger partial charge in [0.25, 0.3) is 10.0 Å². The molecule has 0 radical (unpaired) electrons. The van der Waals surface area contributed by atoms with Crippen LogP contribution < -0.4 is 15.6 Å². The Morgan fingerprint density at radius 2 is 1.69 bits per heavy atom. The summed E-state index contributed by atoms with van der Waals surface area (Å²) in [6, 6.07) is 10.5. The third-order valence-corrected chi connectivity index (χ3v) is 5.73. The first-order valence-electron chi connectivity index (χ1n) is 8.38. The topological polar surface area (TPSA) is 113 Å². The van der Waals surface area contributed by atoms with E-state index in [1.54, 1.807) is 17.0 Å². The molecule has 0 atom stereocenters. The van der Waals surface area contributed by atoms with E-state index < -0.39 is 15.8 Å². The molecular formula is C18H21N3O4S. The van der Waals surface area contributed by atoms with Crippen LogP contribution in [0.1, 0.15) is 35.2 Å². The number of phenolic OH excluding ortho intramolecular Hbond substituents is 1.